The molecule has 3 heteroatoms. The Morgan fingerprint density at radius 1 is 1.00 bits per heavy atom. The smallest absolute Gasteiger partial charge is 0.225 e. The van der Waals surface area contributed by atoms with E-state index in [1.165, 1.54) is 0 Å². The molecule has 0 bridgehead atoms. The van der Waals surface area contributed by atoms with Gasteiger partial charge in [0.05, 0.1) is 12.6 Å². The average Bonchev–Trinajstić information content (AvgIpc) is 3.09. The second-order valence-electron chi connectivity index (χ2n) is 5.65. The van der Waals surface area contributed by atoms with Crippen LogP contribution in [0.4, 0.5) is 0 Å². The molecular weight excluding hydrogens is 262 g/mol. The van der Waals surface area contributed by atoms with Gasteiger partial charge in [-0.3, -0.25) is 4.79 Å². The Balaban J connectivity index is 1.78. The van der Waals surface area contributed by atoms with Crippen molar-refractivity contribution < 1.29 is 9.53 Å². The second-order valence-corrected chi connectivity index (χ2v) is 5.65. The van der Waals surface area contributed by atoms with Gasteiger partial charge in [0.2, 0.25) is 5.91 Å². The summed E-state index contributed by atoms with van der Waals surface area (Å²) < 4.78 is 6.19. The number of hydrogen-bond acceptors (Lipinski definition) is 2. The zero-order chi connectivity index (χ0) is 14.3. The van der Waals surface area contributed by atoms with Crippen LogP contribution in [0.15, 0.2) is 60.7 Å². The van der Waals surface area contributed by atoms with Gasteiger partial charge in [0.15, 0.2) is 5.72 Å². The van der Waals surface area contributed by atoms with Crippen LogP contribution < -0.4 is 0 Å². The van der Waals surface area contributed by atoms with Crippen molar-refractivity contribution in [3.8, 4) is 0 Å². The molecule has 2 aliphatic heterocycles. The van der Waals surface area contributed by atoms with Gasteiger partial charge in [-0.25, -0.2) is 0 Å². The number of carbonyl (C=O) groups is 1. The number of rotatable bonds is 2. The van der Waals surface area contributed by atoms with Gasteiger partial charge in [0, 0.05) is 18.4 Å². The molecule has 106 valence electrons. The summed E-state index contributed by atoms with van der Waals surface area (Å²) in [6.07, 6.45) is 1.29. The van der Waals surface area contributed by atoms with Crippen LogP contribution in [0, 0.1) is 0 Å². The fourth-order valence-corrected chi connectivity index (χ4v) is 3.56. The maximum atomic E-state index is 12.5. The Hall–Kier alpha value is -2.13. The van der Waals surface area contributed by atoms with Crippen LogP contribution in [-0.2, 0) is 15.3 Å². The summed E-state index contributed by atoms with van der Waals surface area (Å²) in [4.78, 5) is 14.4. The molecule has 2 aromatic rings. The van der Waals surface area contributed by atoms with Crippen LogP contribution >= 0.6 is 0 Å². The molecule has 2 aliphatic rings. The second kappa shape index (κ2) is 4.71. The van der Waals surface area contributed by atoms with Crippen LogP contribution in [0.25, 0.3) is 0 Å². The van der Waals surface area contributed by atoms with Crippen LogP contribution in [0.2, 0.25) is 0 Å². The Bertz CT molecular complexity index is 655. The SMILES string of the molecule is O=C1CCC2(c3ccccc3)OCC(c3ccccc3)N12. The summed E-state index contributed by atoms with van der Waals surface area (Å²) in [5.74, 6) is 0.185. The minimum Gasteiger partial charge on any atom is -0.349 e. The highest BCUT2D eigenvalue weighted by molar-refractivity contribution is 5.80. The standard InChI is InChI=1S/C18H17NO2/c20-17-11-12-18(15-9-5-2-6-10-15)19(17)16(13-21-18)14-7-3-1-4-8-14/h1-10,16H,11-13H2. The lowest BCUT2D eigenvalue weighted by Crippen LogP contribution is -2.40. The van der Waals surface area contributed by atoms with E-state index >= 15 is 0 Å². The third kappa shape index (κ3) is 1.81. The van der Waals surface area contributed by atoms with Crippen molar-refractivity contribution in [1.29, 1.82) is 0 Å². The van der Waals surface area contributed by atoms with Crippen LogP contribution in [0.3, 0.4) is 0 Å². The first-order chi connectivity index (χ1) is 10.3. The van der Waals surface area contributed by atoms with Crippen molar-refractivity contribution in [2.75, 3.05) is 6.61 Å². The van der Waals surface area contributed by atoms with E-state index in [2.05, 4.69) is 24.3 Å². The lowest BCUT2D eigenvalue weighted by atomic mass is 9.99. The molecule has 0 saturated carbocycles. The van der Waals surface area contributed by atoms with E-state index in [1.54, 1.807) is 0 Å². The normalized spacial score (nSPS) is 27.9. The Labute approximate surface area is 124 Å². The zero-order valence-corrected chi connectivity index (χ0v) is 11.7. The van der Waals surface area contributed by atoms with Crippen LogP contribution in [0.5, 0.6) is 0 Å². The van der Waals surface area contributed by atoms with E-state index in [1.807, 2.05) is 41.3 Å². The molecule has 4 rings (SSSR count). The van der Waals surface area contributed by atoms with Gasteiger partial charge in [-0.15, -0.1) is 0 Å². The molecule has 2 saturated heterocycles. The number of benzene rings is 2. The molecule has 3 nitrogen and oxygen atoms in total. The highest BCUT2D eigenvalue weighted by Gasteiger charge is 2.55. The third-order valence-electron chi connectivity index (χ3n) is 4.54. The molecule has 0 spiro atoms. The minimum atomic E-state index is -0.571. The first-order valence-corrected chi connectivity index (χ1v) is 7.38. The topological polar surface area (TPSA) is 29.5 Å². The molecule has 0 aliphatic carbocycles. The molecule has 2 atom stereocenters. The van der Waals surface area contributed by atoms with Crippen LogP contribution in [0.1, 0.15) is 30.0 Å². The lowest BCUT2D eigenvalue weighted by molar-refractivity contribution is -0.139. The van der Waals surface area contributed by atoms with E-state index in [0.717, 1.165) is 17.5 Å². The quantitative estimate of drug-likeness (QED) is 0.844. The van der Waals surface area contributed by atoms with Gasteiger partial charge in [0.1, 0.15) is 0 Å². The number of fused-ring (bicyclic) bond motifs is 1. The molecule has 2 fully saturated rings. The first-order valence-electron chi connectivity index (χ1n) is 7.38. The Kier molecular flexibility index (Phi) is 2.82. The van der Waals surface area contributed by atoms with Crippen molar-refractivity contribution in [1.82, 2.24) is 4.90 Å². The van der Waals surface area contributed by atoms with Gasteiger partial charge in [0.25, 0.3) is 0 Å². The monoisotopic (exact) mass is 279 g/mol. The van der Waals surface area contributed by atoms with Gasteiger partial charge >= 0.3 is 0 Å². The van der Waals surface area contributed by atoms with Crippen molar-refractivity contribution in [3.63, 3.8) is 0 Å². The number of amides is 1. The number of nitrogens with zero attached hydrogens (tertiary/aromatic N) is 1. The van der Waals surface area contributed by atoms with Gasteiger partial charge in [-0.2, -0.15) is 0 Å². The first kappa shape index (κ1) is 12.6. The maximum absolute atomic E-state index is 12.5. The summed E-state index contributed by atoms with van der Waals surface area (Å²) >= 11 is 0. The van der Waals surface area contributed by atoms with E-state index in [0.29, 0.717) is 13.0 Å². The largest absolute Gasteiger partial charge is 0.349 e. The molecule has 0 radical (unpaired) electrons. The molecule has 2 aromatic carbocycles. The summed E-state index contributed by atoms with van der Waals surface area (Å²) in [7, 11) is 0. The predicted molar refractivity (Wildman–Crippen MR) is 79.3 cm³/mol. The third-order valence-corrected chi connectivity index (χ3v) is 4.54. The summed E-state index contributed by atoms with van der Waals surface area (Å²) in [6.45, 7) is 0.560. The molecule has 0 N–H and O–H groups in total. The fraction of sp³-hybridized carbons (Fsp3) is 0.278. The molecule has 2 unspecified atom stereocenters. The zero-order valence-electron chi connectivity index (χ0n) is 11.7. The summed E-state index contributed by atoms with van der Waals surface area (Å²) in [5.41, 5.74) is 1.65. The van der Waals surface area contributed by atoms with Gasteiger partial charge in [-0.1, -0.05) is 60.7 Å². The van der Waals surface area contributed by atoms with Crippen molar-refractivity contribution in [2.45, 2.75) is 24.6 Å². The highest BCUT2D eigenvalue weighted by Crippen LogP contribution is 2.50. The molecule has 1 amide bonds. The molecule has 21 heavy (non-hydrogen) atoms. The van der Waals surface area contributed by atoms with E-state index in [9.17, 15) is 4.79 Å². The fourth-order valence-electron chi connectivity index (χ4n) is 3.56. The predicted octanol–water partition coefficient (Wildman–Crippen LogP) is 3.23. The molecular formula is C18H17NO2. The van der Waals surface area contributed by atoms with Crippen molar-refractivity contribution >= 4 is 5.91 Å². The lowest BCUT2D eigenvalue weighted by Gasteiger charge is -2.33. The number of hydrogen-bond donors (Lipinski definition) is 0. The van der Waals surface area contributed by atoms with Gasteiger partial charge < -0.3 is 9.64 Å². The Morgan fingerprint density at radius 3 is 2.38 bits per heavy atom. The van der Waals surface area contributed by atoms with E-state index < -0.39 is 5.72 Å². The average molecular weight is 279 g/mol. The number of ether oxygens (including phenoxy) is 1. The van der Waals surface area contributed by atoms with E-state index in [4.69, 9.17) is 4.74 Å². The maximum Gasteiger partial charge on any atom is 0.225 e. The summed E-state index contributed by atoms with van der Waals surface area (Å²) in [5, 5.41) is 0. The summed E-state index contributed by atoms with van der Waals surface area (Å²) in [6, 6.07) is 20.3. The highest BCUT2D eigenvalue weighted by atomic mass is 16.5. The molecule has 0 aromatic heterocycles. The van der Waals surface area contributed by atoms with E-state index in [-0.39, 0.29) is 11.9 Å². The number of carbonyl (C=O) groups excluding carboxylic acids is 1. The molecule has 2 heterocycles. The van der Waals surface area contributed by atoms with Crippen LogP contribution in [-0.4, -0.2) is 17.4 Å². The Morgan fingerprint density at radius 2 is 1.67 bits per heavy atom. The van der Waals surface area contributed by atoms with Gasteiger partial charge in [-0.05, 0) is 5.56 Å². The van der Waals surface area contributed by atoms with Crippen molar-refractivity contribution in [3.05, 3.63) is 71.8 Å². The van der Waals surface area contributed by atoms with Crippen molar-refractivity contribution in [2.24, 2.45) is 0 Å². The minimum absolute atomic E-state index is 0.0152.